The number of aldehydes is 1. The van der Waals surface area contributed by atoms with Crippen molar-refractivity contribution in [2.75, 3.05) is 25.2 Å². The molecule has 0 unspecified atom stereocenters. The van der Waals surface area contributed by atoms with E-state index in [4.69, 9.17) is 60.3 Å². The Bertz CT molecular complexity index is 8260. The van der Waals surface area contributed by atoms with E-state index in [1.165, 1.54) is 48.2 Å². The summed E-state index contributed by atoms with van der Waals surface area (Å²) in [6.07, 6.45) is 10.3. The van der Waals surface area contributed by atoms with Crippen molar-refractivity contribution in [1.82, 2.24) is 126 Å². The number of anilines is 1. The first-order valence-electron chi connectivity index (χ1n) is 41.9. The number of benzene rings is 11. The third-order valence-corrected chi connectivity index (χ3v) is 22.5. The second kappa shape index (κ2) is 41.9. The fourth-order valence-corrected chi connectivity index (χ4v) is 16.1. The number of methoxy groups -OCH3 is 2. The van der Waals surface area contributed by atoms with Crippen LogP contribution in [0, 0.1) is 11.6 Å². The van der Waals surface area contributed by atoms with Crippen molar-refractivity contribution in [2.24, 2.45) is 0 Å². The van der Waals surface area contributed by atoms with E-state index in [1.807, 2.05) is 194 Å². The molecule has 682 valence electrons. The molecule has 11 aromatic heterocycles. The zero-order valence-corrected chi connectivity index (χ0v) is 76.6. The molecule has 22 rings (SSSR count). The van der Waals surface area contributed by atoms with E-state index in [2.05, 4.69) is 107 Å². The molecule has 0 aliphatic rings. The number of ether oxygens (including phenoxy) is 2. The Balaban J connectivity index is 0.000000115. The third-order valence-electron chi connectivity index (χ3n) is 20.7. The molecule has 0 saturated heterocycles. The SMILES string of the molecule is COc1cc(-n2nnc(-c3ccccn3)n2)ccc1-c1c(Cl)cccc1Cl.COc1cc(-n2nnc(-c3ccccn3)n2)ccc1-c1ccc(Cl)cc1Cl.CS(=O)(=O)Nc1cccc(-c2cc(F)cc(-n3nnc(-c4ccccn4)n3)c2)c1.Fc1cc(-c2cccc3oc4ccccc4c23)cc(-n2nnc(-c3ccccn3)n2)c1.O=Cc1ccccc1-c1cccc(-n2nnc(-c3ccccn3)n2)c1. The summed E-state index contributed by atoms with van der Waals surface area (Å²) in [6.45, 7) is 0. The van der Waals surface area contributed by atoms with Gasteiger partial charge in [0.05, 0.1) is 64.0 Å². The molecule has 0 aliphatic carbocycles. The van der Waals surface area contributed by atoms with Gasteiger partial charge in [0, 0.05) is 105 Å². The van der Waals surface area contributed by atoms with Gasteiger partial charge in [-0.1, -0.05) is 168 Å². The molecule has 32 nitrogen and oxygen atoms in total. The average Bonchev–Trinajstić information content (AvgIpc) is 1.57. The van der Waals surface area contributed by atoms with Crippen molar-refractivity contribution in [3.8, 4) is 153 Å². The summed E-state index contributed by atoms with van der Waals surface area (Å²) in [5, 5.41) is 66.6. The number of nitrogens with zero attached hydrogens (tertiary/aromatic N) is 25. The van der Waals surface area contributed by atoms with Crippen LogP contribution in [0.4, 0.5) is 14.5 Å². The molecule has 22 aromatic rings. The second-order valence-electron chi connectivity index (χ2n) is 30.0. The summed E-state index contributed by atoms with van der Waals surface area (Å²) >= 11 is 25.0. The average molecular weight is 1940 g/mol. The summed E-state index contributed by atoms with van der Waals surface area (Å²) in [4.78, 5) is 39.2. The number of hydrogen-bond acceptors (Lipinski definition) is 26. The highest BCUT2D eigenvalue weighted by Crippen LogP contribution is 2.43. The van der Waals surface area contributed by atoms with Gasteiger partial charge in [-0.05, 0) is 229 Å². The van der Waals surface area contributed by atoms with E-state index in [0.29, 0.717) is 145 Å². The number of tetrazole rings is 5. The van der Waals surface area contributed by atoms with Gasteiger partial charge in [0.15, 0.2) is 6.29 Å². The monoisotopic (exact) mass is 1940 g/mol. The predicted octanol–water partition coefficient (Wildman–Crippen LogP) is 20.9. The largest absolute Gasteiger partial charge is 0.496 e. The Hall–Kier alpha value is -17.6. The van der Waals surface area contributed by atoms with Crippen LogP contribution in [0.1, 0.15) is 10.4 Å². The van der Waals surface area contributed by atoms with E-state index in [9.17, 15) is 22.0 Å². The van der Waals surface area contributed by atoms with Crippen LogP contribution in [0.5, 0.6) is 11.5 Å². The third kappa shape index (κ3) is 21.6. The lowest BCUT2D eigenvalue weighted by atomic mass is 9.99. The summed E-state index contributed by atoms with van der Waals surface area (Å²) in [6, 6.07) is 93.6. The molecule has 1 N–H and O–H groups in total. The number of nitrogens with one attached hydrogen (secondary N) is 1. The topological polar surface area (TPSA) is 377 Å². The van der Waals surface area contributed by atoms with Crippen LogP contribution >= 0.6 is 46.4 Å². The van der Waals surface area contributed by atoms with Crippen molar-refractivity contribution in [3.05, 3.63) is 384 Å². The number of carbonyl (C=O) groups is 1. The minimum Gasteiger partial charge on any atom is -0.496 e. The number of pyridine rings is 5. The molecule has 39 heteroatoms. The second-order valence-corrected chi connectivity index (χ2v) is 33.4. The number of para-hydroxylation sites is 1. The zero-order valence-electron chi connectivity index (χ0n) is 72.8. The van der Waals surface area contributed by atoms with Crippen molar-refractivity contribution in [3.63, 3.8) is 0 Å². The number of carbonyl (C=O) groups excluding carboxylic acids is 1. The van der Waals surface area contributed by atoms with Gasteiger partial charge in [0.25, 0.3) is 0 Å². The molecular weight excluding hydrogens is 1870 g/mol. The summed E-state index contributed by atoms with van der Waals surface area (Å²) < 4.78 is 71.3. The smallest absolute Gasteiger partial charge is 0.229 e. The van der Waals surface area contributed by atoms with E-state index < -0.39 is 21.7 Å². The maximum absolute atomic E-state index is 14.6. The highest BCUT2D eigenvalue weighted by molar-refractivity contribution is 7.92. The first-order valence-corrected chi connectivity index (χ1v) is 45.3. The van der Waals surface area contributed by atoms with Gasteiger partial charge in [0.2, 0.25) is 39.1 Å². The fraction of sp³-hybridized carbons (Fsp3) is 0.0300. The van der Waals surface area contributed by atoms with Crippen molar-refractivity contribution in [2.45, 2.75) is 0 Å². The van der Waals surface area contributed by atoms with Crippen LogP contribution in [0.15, 0.2) is 351 Å². The maximum atomic E-state index is 14.6. The molecule has 11 heterocycles. The molecule has 0 atom stereocenters. The molecule has 139 heavy (non-hydrogen) atoms. The number of rotatable bonds is 20. The Kier molecular flexibility index (Phi) is 27.7. The quantitative estimate of drug-likeness (QED) is 0.0692. The minimum absolute atomic E-state index is 0.316. The first-order chi connectivity index (χ1) is 67.8. The van der Waals surface area contributed by atoms with Gasteiger partial charge in [-0.3, -0.25) is 34.4 Å². The molecule has 0 radical (unpaired) electrons. The highest BCUT2D eigenvalue weighted by Gasteiger charge is 2.22. The number of fused-ring (bicyclic) bond motifs is 3. The Morgan fingerprint density at radius 3 is 1.25 bits per heavy atom. The standard InChI is InChI=1S/C24H14FN5O.2C19H13Cl2N5O.C19H15FN6O2S.C19H13N5O/c25-16-12-15(18-7-5-10-22-23(18)19-6-1-2-9-21(19)31-22)13-17(14-16)30-28-24(27-29-30)20-8-3-4-11-26-20;1-27-17-11-12(8-9-13(17)18-14(20)5-4-6-15(18)21)26-24-19(23-25-26)16-7-2-3-10-22-16;1-27-18-11-13(6-8-15(18)14-7-5-12(20)10-16(14)21)26-24-19(23-25-26)17-4-2-3-9-22-17;1-29(27,28)24-16-6-4-5-13(10-16)14-9-15(20)12-17(11-14)26-23-19(22-25-26)18-7-2-3-8-21-18;25-13-15-6-1-2-9-17(15)14-7-5-8-16(12-14)24-22-19(21-23-24)18-10-3-4-11-20-18/h1-14H;2*2-11H,1H3;2-12,24H,1H3;1-13H. The summed E-state index contributed by atoms with van der Waals surface area (Å²) in [5.74, 6) is 2.37. The lowest BCUT2D eigenvalue weighted by molar-refractivity contribution is 0.112. The Labute approximate surface area is 808 Å². The minimum atomic E-state index is -3.42. The normalized spacial score (nSPS) is 11.0. The first kappa shape index (κ1) is 91.8. The lowest BCUT2D eigenvalue weighted by Gasteiger charge is -2.13. The molecule has 11 aromatic carbocycles. The van der Waals surface area contributed by atoms with Gasteiger partial charge in [-0.25, -0.2) is 17.2 Å². The van der Waals surface area contributed by atoms with Crippen LogP contribution in [-0.2, 0) is 10.0 Å². The molecule has 0 fully saturated rings. The summed E-state index contributed by atoms with van der Waals surface area (Å²) in [7, 11) is -0.239. The molecule has 0 spiro atoms. The van der Waals surface area contributed by atoms with Crippen LogP contribution in [0.2, 0.25) is 20.1 Å². The Morgan fingerprint density at radius 2 is 0.755 bits per heavy atom. The predicted molar refractivity (Wildman–Crippen MR) is 523 cm³/mol. The molecule has 0 saturated carbocycles. The zero-order chi connectivity index (χ0) is 95.9. The van der Waals surface area contributed by atoms with Gasteiger partial charge in [-0.2, -0.15) is 0 Å². The van der Waals surface area contributed by atoms with E-state index >= 15 is 0 Å². The highest BCUT2D eigenvalue weighted by atomic mass is 35.5. The van der Waals surface area contributed by atoms with Crippen molar-refractivity contribution >= 4 is 90.3 Å². The van der Waals surface area contributed by atoms with E-state index in [1.54, 1.807) is 142 Å². The van der Waals surface area contributed by atoms with Gasteiger partial charge in [0.1, 0.15) is 62.8 Å². The van der Waals surface area contributed by atoms with E-state index in [-0.39, 0.29) is 0 Å². The Morgan fingerprint density at radius 1 is 0.345 bits per heavy atom. The van der Waals surface area contributed by atoms with Gasteiger partial charge >= 0.3 is 0 Å². The number of aromatic nitrogens is 25. The van der Waals surface area contributed by atoms with Crippen LogP contribution in [-0.4, -0.2) is 161 Å². The lowest BCUT2D eigenvalue weighted by Crippen LogP contribution is -2.09. The molecular formula is C100H68Cl4F2N26O6S. The number of halogens is 6. The number of furan rings is 1. The maximum Gasteiger partial charge on any atom is 0.229 e. The molecule has 0 aliphatic heterocycles. The van der Waals surface area contributed by atoms with Gasteiger partial charge in [-0.15, -0.1) is 75.0 Å². The van der Waals surface area contributed by atoms with Crippen LogP contribution < -0.4 is 14.2 Å². The van der Waals surface area contributed by atoms with Gasteiger partial charge < -0.3 is 13.9 Å². The molecule has 0 bridgehead atoms. The van der Waals surface area contributed by atoms with Crippen molar-refractivity contribution < 1.29 is 35.9 Å². The van der Waals surface area contributed by atoms with Crippen LogP contribution in [0.3, 0.4) is 0 Å². The van der Waals surface area contributed by atoms with E-state index in [0.717, 1.165) is 73.5 Å². The van der Waals surface area contributed by atoms with Crippen molar-refractivity contribution in [1.29, 1.82) is 0 Å². The fourth-order valence-electron chi connectivity index (χ4n) is 14.5. The van der Waals surface area contributed by atoms with Crippen LogP contribution in [0.25, 0.3) is 164 Å². The number of hydrogen-bond donors (Lipinski definition) is 1. The molecule has 0 amide bonds. The summed E-state index contributed by atoms with van der Waals surface area (Å²) in [5.41, 5.74) is 16.3. The number of sulfonamides is 1.